The van der Waals surface area contributed by atoms with Crippen LogP contribution in [0.1, 0.15) is 35.2 Å². The largest absolute Gasteiger partial charge is 0.305 e. The maximum atomic E-state index is 5.89. The molecule has 1 N–H and O–H groups in total. The lowest BCUT2D eigenvalue weighted by Crippen LogP contribution is -2.17. The summed E-state index contributed by atoms with van der Waals surface area (Å²) in [6, 6.07) is 12.8. The molecule has 3 heteroatoms. The van der Waals surface area contributed by atoms with Crippen LogP contribution in [0, 0.1) is 0 Å². The Kier molecular flexibility index (Phi) is 4.81. The van der Waals surface area contributed by atoms with Crippen molar-refractivity contribution in [3.63, 3.8) is 0 Å². The molecule has 1 aromatic carbocycles. The van der Waals surface area contributed by atoms with E-state index in [0.717, 1.165) is 18.0 Å². The fourth-order valence-electron chi connectivity index (χ4n) is 1.83. The third-order valence-corrected chi connectivity index (χ3v) is 4.50. The lowest BCUT2D eigenvalue weighted by Gasteiger charge is -2.13. The lowest BCUT2D eigenvalue weighted by atomic mass is 10.1. The van der Waals surface area contributed by atoms with Gasteiger partial charge in [-0.05, 0) is 43.2 Å². The number of rotatable bonds is 5. The molecule has 1 unspecified atom stereocenters. The second kappa shape index (κ2) is 6.37. The summed E-state index contributed by atoms with van der Waals surface area (Å²) in [5, 5.41) is 4.33. The lowest BCUT2D eigenvalue weighted by molar-refractivity contribution is 0.579. The minimum atomic E-state index is 0.342. The Morgan fingerprint density at radius 2 is 1.78 bits per heavy atom. The van der Waals surface area contributed by atoms with Crippen molar-refractivity contribution in [2.45, 2.75) is 32.9 Å². The highest BCUT2D eigenvalue weighted by molar-refractivity contribution is 7.11. The number of benzene rings is 1. The average Bonchev–Trinajstić information content (AvgIpc) is 2.85. The van der Waals surface area contributed by atoms with Crippen molar-refractivity contribution in [3.05, 3.63) is 56.7 Å². The Balaban J connectivity index is 1.91. The van der Waals surface area contributed by atoms with E-state index in [-0.39, 0.29) is 0 Å². The van der Waals surface area contributed by atoms with Gasteiger partial charge >= 0.3 is 0 Å². The number of aryl methyl sites for hydroxylation is 1. The van der Waals surface area contributed by atoms with E-state index in [4.69, 9.17) is 11.6 Å². The van der Waals surface area contributed by atoms with E-state index >= 15 is 0 Å². The highest BCUT2D eigenvalue weighted by Crippen LogP contribution is 2.19. The molecule has 1 heterocycles. The molecule has 2 aromatic rings. The molecule has 0 aliphatic heterocycles. The molecule has 0 spiro atoms. The molecular weight excluding hydrogens is 262 g/mol. The van der Waals surface area contributed by atoms with E-state index < -0.39 is 0 Å². The second-order valence-corrected chi connectivity index (χ2v) is 6.07. The van der Waals surface area contributed by atoms with Crippen molar-refractivity contribution in [1.29, 1.82) is 0 Å². The maximum Gasteiger partial charge on any atom is 0.0406 e. The zero-order chi connectivity index (χ0) is 13.0. The Bertz CT molecular complexity index is 489. The number of nitrogens with one attached hydrogen (secondary N) is 1. The Labute approximate surface area is 118 Å². The Hall–Kier alpha value is -0.830. The summed E-state index contributed by atoms with van der Waals surface area (Å²) in [7, 11) is 0. The quantitative estimate of drug-likeness (QED) is 0.828. The minimum Gasteiger partial charge on any atom is -0.305 e. The molecule has 96 valence electrons. The normalized spacial score (nSPS) is 12.6. The standard InChI is InChI=1S/C15H18ClNS/c1-3-14-8-9-15(18-14)10-17-11(2)12-4-6-13(16)7-5-12/h4-9,11,17H,3,10H2,1-2H3. The van der Waals surface area contributed by atoms with E-state index in [1.54, 1.807) is 0 Å². The fraction of sp³-hybridized carbons (Fsp3) is 0.333. The number of hydrogen-bond acceptors (Lipinski definition) is 2. The first kappa shape index (κ1) is 13.6. The molecule has 1 aromatic heterocycles. The Morgan fingerprint density at radius 3 is 2.39 bits per heavy atom. The topological polar surface area (TPSA) is 12.0 Å². The van der Waals surface area contributed by atoms with Gasteiger partial charge in [-0.2, -0.15) is 0 Å². The van der Waals surface area contributed by atoms with Crippen LogP contribution in [0.2, 0.25) is 5.02 Å². The van der Waals surface area contributed by atoms with Crippen LogP contribution in [0.5, 0.6) is 0 Å². The molecule has 2 rings (SSSR count). The second-order valence-electron chi connectivity index (χ2n) is 4.38. The van der Waals surface area contributed by atoms with Gasteiger partial charge in [0.15, 0.2) is 0 Å². The van der Waals surface area contributed by atoms with Crippen LogP contribution in [0.15, 0.2) is 36.4 Å². The summed E-state index contributed by atoms with van der Waals surface area (Å²) in [4.78, 5) is 2.85. The van der Waals surface area contributed by atoms with Gasteiger partial charge in [-0.3, -0.25) is 0 Å². The summed E-state index contributed by atoms with van der Waals surface area (Å²) in [6.45, 7) is 5.30. The van der Waals surface area contributed by atoms with Gasteiger partial charge in [0.2, 0.25) is 0 Å². The molecule has 0 saturated heterocycles. The molecular formula is C15H18ClNS. The smallest absolute Gasteiger partial charge is 0.0406 e. The maximum absolute atomic E-state index is 5.89. The Morgan fingerprint density at radius 1 is 1.11 bits per heavy atom. The minimum absolute atomic E-state index is 0.342. The third-order valence-electron chi connectivity index (χ3n) is 3.02. The first-order valence-electron chi connectivity index (χ1n) is 6.25. The van der Waals surface area contributed by atoms with Crippen LogP contribution in [0.4, 0.5) is 0 Å². The SMILES string of the molecule is CCc1ccc(CNC(C)c2ccc(Cl)cc2)s1. The van der Waals surface area contributed by atoms with Gasteiger partial charge in [-0.1, -0.05) is 30.7 Å². The van der Waals surface area contributed by atoms with Gasteiger partial charge in [0.05, 0.1) is 0 Å². The van der Waals surface area contributed by atoms with Gasteiger partial charge in [0.1, 0.15) is 0 Å². The van der Waals surface area contributed by atoms with Crippen LogP contribution in [0.3, 0.4) is 0 Å². The van der Waals surface area contributed by atoms with E-state index in [1.807, 2.05) is 23.5 Å². The molecule has 0 amide bonds. The first-order valence-corrected chi connectivity index (χ1v) is 7.45. The summed E-state index contributed by atoms with van der Waals surface area (Å²) in [5.41, 5.74) is 1.27. The first-order chi connectivity index (χ1) is 8.69. The van der Waals surface area contributed by atoms with Crippen molar-refractivity contribution < 1.29 is 0 Å². The predicted octanol–water partition coefficient (Wildman–Crippen LogP) is 4.81. The highest BCUT2D eigenvalue weighted by atomic mass is 35.5. The molecule has 0 fully saturated rings. The molecule has 0 aliphatic carbocycles. The number of thiophene rings is 1. The molecule has 0 radical (unpaired) electrons. The number of halogens is 1. The van der Waals surface area contributed by atoms with Gasteiger partial charge in [0.25, 0.3) is 0 Å². The zero-order valence-electron chi connectivity index (χ0n) is 10.7. The third kappa shape index (κ3) is 3.58. The van der Waals surface area contributed by atoms with Crippen molar-refractivity contribution in [2.24, 2.45) is 0 Å². The van der Waals surface area contributed by atoms with Crippen LogP contribution in [0.25, 0.3) is 0 Å². The fourth-order valence-corrected chi connectivity index (χ4v) is 2.87. The number of hydrogen-bond donors (Lipinski definition) is 1. The van der Waals surface area contributed by atoms with Gasteiger partial charge < -0.3 is 5.32 Å². The van der Waals surface area contributed by atoms with Crippen molar-refractivity contribution >= 4 is 22.9 Å². The molecule has 1 nitrogen and oxygen atoms in total. The van der Waals surface area contributed by atoms with E-state index in [9.17, 15) is 0 Å². The average molecular weight is 280 g/mol. The highest BCUT2D eigenvalue weighted by Gasteiger charge is 2.05. The summed E-state index contributed by atoms with van der Waals surface area (Å²) in [6.07, 6.45) is 1.12. The van der Waals surface area contributed by atoms with Crippen molar-refractivity contribution in [2.75, 3.05) is 0 Å². The van der Waals surface area contributed by atoms with E-state index in [0.29, 0.717) is 6.04 Å². The molecule has 0 bridgehead atoms. The molecule has 0 saturated carbocycles. The molecule has 1 atom stereocenters. The zero-order valence-corrected chi connectivity index (χ0v) is 12.3. The van der Waals surface area contributed by atoms with E-state index in [2.05, 4.69) is 43.4 Å². The summed E-state index contributed by atoms with van der Waals surface area (Å²) < 4.78 is 0. The van der Waals surface area contributed by atoms with Gasteiger partial charge in [-0.25, -0.2) is 0 Å². The van der Waals surface area contributed by atoms with Gasteiger partial charge in [-0.15, -0.1) is 11.3 Å². The van der Waals surface area contributed by atoms with Crippen molar-refractivity contribution in [1.82, 2.24) is 5.32 Å². The predicted molar refractivity (Wildman–Crippen MR) is 80.4 cm³/mol. The van der Waals surface area contributed by atoms with Crippen LogP contribution in [-0.2, 0) is 13.0 Å². The summed E-state index contributed by atoms with van der Waals surface area (Å²) >= 11 is 7.78. The van der Waals surface area contributed by atoms with Crippen LogP contribution < -0.4 is 5.32 Å². The molecule has 18 heavy (non-hydrogen) atoms. The van der Waals surface area contributed by atoms with Crippen LogP contribution >= 0.6 is 22.9 Å². The molecule has 0 aliphatic rings. The van der Waals surface area contributed by atoms with E-state index in [1.165, 1.54) is 15.3 Å². The van der Waals surface area contributed by atoms with Crippen molar-refractivity contribution in [3.8, 4) is 0 Å². The van der Waals surface area contributed by atoms with Crippen LogP contribution in [-0.4, -0.2) is 0 Å². The summed E-state index contributed by atoms with van der Waals surface area (Å²) in [5.74, 6) is 0. The van der Waals surface area contributed by atoms with Gasteiger partial charge in [0, 0.05) is 27.4 Å². The monoisotopic (exact) mass is 279 g/mol.